The number of hydrogen-bond acceptors (Lipinski definition) is 2. The van der Waals surface area contributed by atoms with E-state index in [-0.39, 0.29) is 6.61 Å². The molecule has 0 unspecified atom stereocenters. The first-order valence-corrected chi connectivity index (χ1v) is 3.41. The van der Waals surface area contributed by atoms with Gasteiger partial charge in [-0.15, -0.1) is 0 Å². The van der Waals surface area contributed by atoms with Gasteiger partial charge in [0.05, 0.1) is 0 Å². The van der Waals surface area contributed by atoms with Crippen LogP contribution in [0.5, 0.6) is 0 Å². The molecule has 9 heavy (non-hydrogen) atoms. The molecule has 0 radical (unpaired) electrons. The van der Waals surface area contributed by atoms with E-state index in [2.05, 4.69) is 6.92 Å². The van der Waals surface area contributed by atoms with Crippen molar-refractivity contribution < 1.29 is 5.11 Å². The predicted octanol–water partition coefficient (Wildman–Crippen LogP) is 1.43. The van der Waals surface area contributed by atoms with Crippen molar-refractivity contribution >= 4 is 6.21 Å². The van der Waals surface area contributed by atoms with E-state index in [1.807, 2.05) is 0 Å². The zero-order valence-electron chi connectivity index (χ0n) is 5.93. The van der Waals surface area contributed by atoms with E-state index in [0.29, 0.717) is 5.92 Å². The summed E-state index contributed by atoms with van der Waals surface area (Å²) in [5.41, 5.74) is 0. The normalized spacial score (nSPS) is 13.1. The fourth-order valence-electron chi connectivity index (χ4n) is 0.759. The second-order valence-corrected chi connectivity index (χ2v) is 2.41. The molecule has 1 atom stereocenters. The second-order valence-electron chi connectivity index (χ2n) is 2.41. The first-order chi connectivity index (χ1) is 4.31. The van der Waals surface area contributed by atoms with Crippen LogP contribution in [0.3, 0.4) is 0 Å². The molecule has 2 heteroatoms. The van der Waals surface area contributed by atoms with Crippen molar-refractivity contribution in [2.75, 3.05) is 6.61 Å². The molecule has 0 aromatic heterocycles. The molecule has 0 fully saturated rings. The first kappa shape index (κ1) is 8.63. The summed E-state index contributed by atoms with van der Waals surface area (Å²) in [6.07, 6.45) is 4.18. The average Bonchev–Trinajstić information content (AvgIpc) is 1.85. The molecule has 0 aromatic rings. The Hall–Kier alpha value is -0.370. The van der Waals surface area contributed by atoms with Crippen LogP contribution < -0.4 is 0 Å². The molecular weight excluding hydrogens is 114 g/mol. The summed E-state index contributed by atoms with van der Waals surface area (Å²) in [5.74, 6) is 0.564. The van der Waals surface area contributed by atoms with Gasteiger partial charge in [0.25, 0.3) is 0 Å². The van der Waals surface area contributed by atoms with Gasteiger partial charge < -0.3 is 10.5 Å². The van der Waals surface area contributed by atoms with Gasteiger partial charge in [0.1, 0.15) is 0 Å². The number of aliphatic hydroxyl groups is 1. The minimum Gasteiger partial charge on any atom is -0.396 e. The van der Waals surface area contributed by atoms with Gasteiger partial charge in [0.2, 0.25) is 0 Å². The van der Waals surface area contributed by atoms with E-state index in [1.165, 1.54) is 6.21 Å². The molecule has 0 aliphatic heterocycles. The SMILES string of the molecule is C[C@H](CC=N)CCCO. The lowest BCUT2D eigenvalue weighted by molar-refractivity contribution is 0.275. The van der Waals surface area contributed by atoms with Crippen LogP contribution in [0.1, 0.15) is 26.2 Å². The van der Waals surface area contributed by atoms with Crippen LogP contribution in [0.2, 0.25) is 0 Å². The Morgan fingerprint density at radius 1 is 1.67 bits per heavy atom. The molecule has 0 aliphatic carbocycles. The van der Waals surface area contributed by atoms with Gasteiger partial charge in [-0.1, -0.05) is 6.92 Å². The zero-order chi connectivity index (χ0) is 7.11. The summed E-state index contributed by atoms with van der Waals surface area (Å²) in [4.78, 5) is 0. The number of aliphatic hydroxyl groups excluding tert-OH is 1. The van der Waals surface area contributed by atoms with Crippen LogP contribution in [0, 0.1) is 11.3 Å². The Morgan fingerprint density at radius 3 is 2.78 bits per heavy atom. The summed E-state index contributed by atoms with van der Waals surface area (Å²) in [7, 11) is 0. The van der Waals surface area contributed by atoms with Crippen LogP contribution in [0.15, 0.2) is 0 Å². The van der Waals surface area contributed by atoms with Crippen molar-refractivity contribution in [3.63, 3.8) is 0 Å². The number of hydrogen-bond donors (Lipinski definition) is 2. The highest BCUT2D eigenvalue weighted by atomic mass is 16.2. The lowest BCUT2D eigenvalue weighted by Gasteiger charge is -2.04. The Balaban J connectivity index is 3.04. The molecule has 2 nitrogen and oxygen atoms in total. The molecular formula is C7H15NO. The molecule has 0 saturated carbocycles. The second kappa shape index (κ2) is 5.76. The summed E-state index contributed by atoms with van der Waals surface area (Å²) in [6, 6.07) is 0. The van der Waals surface area contributed by atoms with Crippen LogP contribution in [-0.2, 0) is 0 Å². The van der Waals surface area contributed by atoms with Crippen molar-refractivity contribution in [1.29, 1.82) is 5.41 Å². The van der Waals surface area contributed by atoms with Gasteiger partial charge in [-0.05, 0) is 31.4 Å². The summed E-state index contributed by atoms with van der Waals surface area (Å²) in [5, 5.41) is 15.2. The third-order valence-electron chi connectivity index (χ3n) is 1.38. The first-order valence-electron chi connectivity index (χ1n) is 3.41. The van der Waals surface area contributed by atoms with Crippen molar-refractivity contribution in [3.8, 4) is 0 Å². The Bertz CT molecular complexity index is 73.3. The van der Waals surface area contributed by atoms with Gasteiger partial charge in [0.15, 0.2) is 0 Å². The van der Waals surface area contributed by atoms with Crippen molar-refractivity contribution in [2.24, 2.45) is 5.92 Å². The molecule has 2 N–H and O–H groups in total. The minimum atomic E-state index is 0.280. The van der Waals surface area contributed by atoms with E-state index in [4.69, 9.17) is 10.5 Å². The van der Waals surface area contributed by atoms with Crippen molar-refractivity contribution in [3.05, 3.63) is 0 Å². The van der Waals surface area contributed by atoms with Crippen molar-refractivity contribution in [1.82, 2.24) is 0 Å². The van der Waals surface area contributed by atoms with Gasteiger partial charge in [0, 0.05) is 6.61 Å². The smallest absolute Gasteiger partial charge is 0.0431 e. The van der Waals surface area contributed by atoms with Gasteiger partial charge in [-0.2, -0.15) is 0 Å². The molecule has 0 rings (SSSR count). The van der Waals surface area contributed by atoms with Crippen molar-refractivity contribution in [2.45, 2.75) is 26.2 Å². The Kier molecular flexibility index (Phi) is 5.52. The predicted molar refractivity (Wildman–Crippen MR) is 38.9 cm³/mol. The van der Waals surface area contributed by atoms with Crippen LogP contribution in [0.25, 0.3) is 0 Å². The maximum Gasteiger partial charge on any atom is 0.0431 e. The molecule has 0 bridgehead atoms. The highest BCUT2D eigenvalue weighted by Gasteiger charge is 1.97. The Morgan fingerprint density at radius 2 is 2.33 bits per heavy atom. The fourth-order valence-corrected chi connectivity index (χ4v) is 0.759. The summed E-state index contributed by atoms with van der Waals surface area (Å²) >= 11 is 0. The van der Waals surface area contributed by atoms with Gasteiger partial charge in [-0.3, -0.25) is 0 Å². The van der Waals surface area contributed by atoms with Gasteiger partial charge in [-0.25, -0.2) is 0 Å². The maximum atomic E-state index is 8.43. The molecule has 0 aliphatic rings. The topological polar surface area (TPSA) is 44.1 Å². The minimum absolute atomic E-state index is 0.280. The standard InChI is InChI=1S/C7H15NO/c1-7(4-5-8)3-2-6-9/h5,7-9H,2-4,6H2,1H3/t7-/m0/s1. The fraction of sp³-hybridized carbons (Fsp3) is 0.857. The van der Waals surface area contributed by atoms with E-state index in [9.17, 15) is 0 Å². The quantitative estimate of drug-likeness (QED) is 0.542. The molecule has 0 heterocycles. The van der Waals surface area contributed by atoms with Crippen LogP contribution in [-0.4, -0.2) is 17.9 Å². The molecule has 0 amide bonds. The third kappa shape index (κ3) is 5.50. The largest absolute Gasteiger partial charge is 0.396 e. The highest BCUT2D eigenvalue weighted by Crippen LogP contribution is 2.06. The summed E-state index contributed by atoms with van der Waals surface area (Å²) < 4.78 is 0. The number of rotatable bonds is 5. The highest BCUT2D eigenvalue weighted by molar-refractivity contribution is 5.53. The van der Waals surface area contributed by atoms with E-state index >= 15 is 0 Å². The van der Waals surface area contributed by atoms with E-state index < -0.39 is 0 Å². The Labute approximate surface area is 56.4 Å². The monoisotopic (exact) mass is 129 g/mol. The van der Waals surface area contributed by atoms with Crippen LogP contribution >= 0.6 is 0 Å². The van der Waals surface area contributed by atoms with E-state index in [1.54, 1.807) is 0 Å². The zero-order valence-corrected chi connectivity index (χ0v) is 5.93. The third-order valence-corrected chi connectivity index (χ3v) is 1.38. The summed E-state index contributed by atoms with van der Waals surface area (Å²) in [6.45, 7) is 2.38. The molecule has 54 valence electrons. The average molecular weight is 129 g/mol. The van der Waals surface area contributed by atoms with E-state index in [0.717, 1.165) is 19.3 Å². The number of nitrogens with one attached hydrogen (secondary N) is 1. The molecule has 0 aromatic carbocycles. The molecule has 0 spiro atoms. The molecule has 0 saturated heterocycles. The lowest BCUT2D eigenvalue weighted by atomic mass is 10.0. The maximum absolute atomic E-state index is 8.43. The van der Waals surface area contributed by atoms with Crippen LogP contribution in [0.4, 0.5) is 0 Å². The lowest BCUT2D eigenvalue weighted by Crippen LogP contribution is -1.96. The van der Waals surface area contributed by atoms with Gasteiger partial charge >= 0.3 is 0 Å².